The van der Waals surface area contributed by atoms with E-state index in [4.69, 9.17) is 10.2 Å². The largest absolute Gasteiger partial charge is 0 e. The van der Waals surface area contributed by atoms with Gasteiger partial charge in [-0.15, -0.1) is 0 Å². The van der Waals surface area contributed by atoms with Gasteiger partial charge in [0, 0.05) is 17.4 Å². The van der Waals surface area contributed by atoms with Crippen molar-refractivity contribution in [2.45, 2.75) is 5.92 Å². The summed E-state index contributed by atoms with van der Waals surface area (Å²) in [5.74, 6) is -2.33. The number of carboxylic acids is 1. The Labute approximate surface area is 157 Å². The van der Waals surface area contributed by atoms with Crippen LogP contribution in [0.3, 0.4) is 0 Å². The molecule has 132 valence electrons. The Morgan fingerprint density at radius 3 is 2.40 bits per heavy atom. The number of benzene rings is 2. The molecule has 1 unspecified atom stereocenters. The van der Waals surface area contributed by atoms with Gasteiger partial charge in [0.15, 0.2) is 0 Å². The molecular weight excluding hydrogens is 431 g/mol. The maximum Gasteiger partial charge on any atom is 0 e. The van der Waals surface area contributed by atoms with E-state index in [9.17, 15) is 16.7 Å². The fraction of sp³-hybridized carbons (Fsp3) is 0.133. The molecule has 0 aliphatic rings. The smallest absolute Gasteiger partial charge is 0 e. The van der Waals surface area contributed by atoms with Crippen molar-refractivity contribution in [1.29, 1.82) is 0 Å². The number of aliphatic hydroxyl groups excluding tert-OH is 1. The van der Waals surface area contributed by atoms with Crippen LogP contribution in [0.1, 0.15) is 11.5 Å². The van der Waals surface area contributed by atoms with E-state index in [-0.39, 0.29) is 38.7 Å². The molecule has 1 atom stereocenters. The Morgan fingerprint density at radius 1 is 1.12 bits per heavy atom. The molecule has 0 bridgehead atoms. The van der Waals surface area contributed by atoms with Gasteiger partial charge in [-0.1, -0.05) is 0 Å². The minimum absolute atomic E-state index is 0. The summed E-state index contributed by atoms with van der Waals surface area (Å²) in [6, 6.07) is 13.0. The molecule has 2 aromatic carbocycles. The molecule has 0 radical (unpaired) electrons. The van der Waals surface area contributed by atoms with E-state index < -0.39 is 32.7 Å². The average Bonchev–Trinajstić information content (AvgIpc) is 2.53. The first-order valence-corrected chi connectivity index (χ1v) is 10.1. The number of carboxylic acid groups (broad SMARTS) is 1. The third-order valence-electron chi connectivity index (χ3n) is 3.12. The molecular formula is C15H14AsCrN2O6-. The Kier molecular flexibility index (Phi) is 7.77. The summed E-state index contributed by atoms with van der Waals surface area (Å²) in [4.78, 5) is 11.1. The van der Waals surface area contributed by atoms with Crippen LogP contribution >= 0.6 is 0 Å². The molecule has 0 amide bonds. The molecule has 10 heteroatoms. The number of hydrogen-bond acceptors (Lipinski definition) is 5. The zero-order valence-electron chi connectivity index (χ0n) is 12.7. The van der Waals surface area contributed by atoms with Crippen molar-refractivity contribution in [2.75, 3.05) is 6.61 Å². The summed E-state index contributed by atoms with van der Waals surface area (Å²) in [5.41, 5.74) is 0.439. The van der Waals surface area contributed by atoms with Crippen LogP contribution in [-0.4, -0.2) is 45.2 Å². The quantitative estimate of drug-likeness (QED) is 0.292. The SMILES string of the molecule is O=C(O)C(CO)c1[c-]c(N=Nc2ccccc2[As](=O)(O)O)ccc1.[Cr]. The van der Waals surface area contributed by atoms with Crippen LogP contribution in [0.4, 0.5) is 11.4 Å². The van der Waals surface area contributed by atoms with Crippen LogP contribution in [-0.2, 0) is 25.9 Å². The van der Waals surface area contributed by atoms with Crippen LogP contribution < -0.4 is 4.35 Å². The normalized spacial score (nSPS) is 12.6. The van der Waals surface area contributed by atoms with E-state index in [1.807, 2.05) is 0 Å². The van der Waals surface area contributed by atoms with Crippen LogP contribution in [0.15, 0.2) is 52.7 Å². The predicted molar refractivity (Wildman–Crippen MR) is 83.9 cm³/mol. The molecule has 0 aromatic heterocycles. The van der Waals surface area contributed by atoms with Crippen molar-refractivity contribution in [3.05, 3.63) is 54.1 Å². The second-order valence-corrected chi connectivity index (χ2v) is 8.09. The van der Waals surface area contributed by atoms with Crippen LogP contribution in [0.25, 0.3) is 0 Å². The first-order chi connectivity index (χ1) is 11.3. The number of nitrogens with zero attached hydrogens (tertiary/aromatic N) is 2. The number of aliphatic carboxylic acids is 1. The van der Waals surface area contributed by atoms with Crippen molar-refractivity contribution in [3.8, 4) is 0 Å². The second-order valence-electron chi connectivity index (χ2n) is 4.80. The minimum atomic E-state index is -5.14. The van der Waals surface area contributed by atoms with E-state index in [2.05, 4.69) is 16.3 Å². The van der Waals surface area contributed by atoms with Gasteiger partial charge in [-0.25, -0.2) is 0 Å². The molecule has 2 rings (SSSR count). The summed E-state index contributed by atoms with van der Waals surface area (Å²) >= 11 is -5.14. The summed E-state index contributed by atoms with van der Waals surface area (Å²) in [5, 5.41) is 25.8. The molecule has 2 aromatic rings. The first kappa shape index (κ1) is 21.3. The molecule has 8 nitrogen and oxygen atoms in total. The predicted octanol–water partition coefficient (Wildman–Crippen LogP) is 0.621. The van der Waals surface area contributed by atoms with Gasteiger partial charge in [0.25, 0.3) is 0 Å². The van der Waals surface area contributed by atoms with E-state index in [1.54, 1.807) is 6.07 Å². The maximum absolute atomic E-state index is 11.5. The number of carbonyl (C=O) groups is 1. The molecule has 0 aliphatic heterocycles. The van der Waals surface area contributed by atoms with E-state index >= 15 is 0 Å². The summed E-state index contributed by atoms with van der Waals surface area (Å²) in [6.45, 7) is -0.587. The van der Waals surface area contributed by atoms with E-state index in [0.29, 0.717) is 0 Å². The van der Waals surface area contributed by atoms with Crippen LogP contribution in [0.2, 0.25) is 0 Å². The topological polar surface area (TPSA) is 140 Å². The number of azo groups is 1. The zero-order chi connectivity index (χ0) is 17.7. The summed E-state index contributed by atoms with van der Waals surface area (Å²) in [7, 11) is 0. The van der Waals surface area contributed by atoms with Crippen molar-refractivity contribution < 1.29 is 44.3 Å². The Bertz CT molecular complexity index is 823. The molecule has 25 heavy (non-hydrogen) atoms. The fourth-order valence-electron chi connectivity index (χ4n) is 1.95. The van der Waals surface area contributed by atoms with Gasteiger partial charge >= 0.3 is 140 Å². The van der Waals surface area contributed by atoms with Crippen molar-refractivity contribution in [3.63, 3.8) is 0 Å². The summed E-state index contributed by atoms with van der Waals surface area (Å²) in [6.07, 6.45) is 0. The van der Waals surface area contributed by atoms with Crippen LogP contribution in [0.5, 0.6) is 0 Å². The number of hydrogen-bond donors (Lipinski definition) is 4. The van der Waals surface area contributed by atoms with Gasteiger partial charge in [0.1, 0.15) is 0 Å². The molecule has 4 N–H and O–H groups in total. The van der Waals surface area contributed by atoms with Gasteiger partial charge in [0.05, 0.1) is 0 Å². The molecule has 0 saturated carbocycles. The van der Waals surface area contributed by atoms with Crippen LogP contribution in [0, 0.1) is 6.07 Å². The Morgan fingerprint density at radius 2 is 1.80 bits per heavy atom. The number of rotatable bonds is 6. The first-order valence-electron chi connectivity index (χ1n) is 6.75. The van der Waals surface area contributed by atoms with Gasteiger partial charge in [-0.2, -0.15) is 0 Å². The molecule has 0 fully saturated rings. The Balaban J connectivity index is 0.00000312. The Hall–Kier alpha value is -1.72. The fourth-order valence-corrected chi connectivity index (χ4v) is 3.41. The van der Waals surface area contributed by atoms with Crippen molar-refractivity contribution in [2.24, 2.45) is 10.2 Å². The third-order valence-corrected chi connectivity index (χ3v) is 5.23. The van der Waals surface area contributed by atoms with Gasteiger partial charge in [-0.05, 0) is 0 Å². The molecule has 0 aliphatic carbocycles. The molecule has 0 heterocycles. The minimum Gasteiger partial charge on any atom is 0 e. The monoisotopic (exact) mass is 445 g/mol. The van der Waals surface area contributed by atoms with Crippen molar-refractivity contribution >= 4 is 35.9 Å². The zero-order valence-corrected chi connectivity index (χ0v) is 15.8. The second kappa shape index (κ2) is 9.11. The van der Waals surface area contributed by atoms with E-state index in [1.165, 1.54) is 36.4 Å². The maximum atomic E-state index is 11.5. The van der Waals surface area contributed by atoms with Gasteiger partial charge < -0.3 is 0 Å². The van der Waals surface area contributed by atoms with Gasteiger partial charge in [0.2, 0.25) is 0 Å². The van der Waals surface area contributed by atoms with E-state index in [0.717, 1.165) is 0 Å². The number of aliphatic hydroxyl groups is 1. The van der Waals surface area contributed by atoms with Crippen molar-refractivity contribution in [1.82, 2.24) is 0 Å². The third kappa shape index (κ3) is 5.65. The average molecular weight is 445 g/mol. The summed E-state index contributed by atoms with van der Waals surface area (Å²) < 4.78 is 30.0. The standard InChI is InChI=1S/C15H14AsN2O6.Cr/c19-9-12(15(20)21)10-4-3-5-11(8-10)17-18-14-7-2-1-6-13(14)16(22,23)24;/h1-7,12,19H,9H2,(H,20,21)(H2,22,23,24);/q-1;. The molecule has 0 spiro atoms. The molecule has 0 saturated heterocycles. The van der Waals surface area contributed by atoms with Gasteiger partial charge in [-0.3, -0.25) is 0 Å².